The lowest BCUT2D eigenvalue weighted by atomic mass is 10.1. The fourth-order valence-electron chi connectivity index (χ4n) is 1.78. The van der Waals surface area contributed by atoms with Crippen LogP contribution in [-0.2, 0) is 11.2 Å². The van der Waals surface area contributed by atoms with Gasteiger partial charge in [-0.2, -0.15) is 0 Å². The van der Waals surface area contributed by atoms with Crippen LogP contribution in [0.3, 0.4) is 0 Å². The normalized spacial score (nSPS) is 9.85. The van der Waals surface area contributed by atoms with E-state index in [4.69, 9.17) is 4.74 Å². The van der Waals surface area contributed by atoms with Crippen molar-refractivity contribution in [1.82, 2.24) is 0 Å². The van der Waals surface area contributed by atoms with Gasteiger partial charge in [-0.3, -0.25) is 9.59 Å². The molecule has 0 unspecified atom stereocenters. The van der Waals surface area contributed by atoms with E-state index in [2.05, 4.69) is 5.32 Å². The Balaban J connectivity index is 1.95. The SMILES string of the molecule is COc1ccc(CC(=O)Nc2ccc(C=O)cc2)cc1. The Morgan fingerprint density at radius 3 is 2.30 bits per heavy atom. The fraction of sp³-hybridized carbons (Fsp3) is 0.125. The van der Waals surface area contributed by atoms with E-state index in [9.17, 15) is 9.59 Å². The maximum absolute atomic E-state index is 11.9. The number of benzene rings is 2. The molecule has 2 aromatic rings. The van der Waals surface area contributed by atoms with E-state index >= 15 is 0 Å². The van der Waals surface area contributed by atoms with Crippen molar-refractivity contribution in [2.45, 2.75) is 6.42 Å². The highest BCUT2D eigenvalue weighted by molar-refractivity contribution is 5.92. The average Bonchev–Trinajstić information content (AvgIpc) is 2.49. The molecule has 0 radical (unpaired) electrons. The quantitative estimate of drug-likeness (QED) is 0.849. The summed E-state index contributed by atoms with van der Waals surface area (Å²) in [5.41, 5.74) is 2.17. The molecule has 0 spiro atoms. The Morgan fingerprint density at radius 1 is 1.10 bits per heavy atom. The predicted molar refractivity (Wildman–Crippen MR) is 77.2 cm³/mol. The van der Waals surface area contributed by atoms with Crippen LogP contribution < -0.4 is 10.1 Å². The smallest absolute Gasteiger partial charge is 0.228 e. The standard InChI is InChI=1S/C16H15NO3/c1-20-15-8-4-12(5-9-15)10-16(19)17-14-6-2-13(11-18)3-7-14/h2-9,11H,10H2,1H3,(H,17,19). The van der Waals surface area contributed by atoms with Crippen LogP contribution in [-0.4, -0.2) is 19.3 Å². The summed E-state index contributed by atoms with van der Waals surface area (Å²) in [5, 5.41) is 2.78. The average molecular weight is 269 g/mol. The van der Waals surface area contributed by atoms with Crippen LogP contribution in [0.2, 0.25) is 0 Å². The van der Waals surface area contributed by atoms with Gasteiger partial charge in [0, 0.05) is 11.3 Å². The summed E-state index contributed by atoms with van der Waals surface area (Å²) in [6.07, 6.45) is 1.06. The van der Waals surface area contributed by atoms with E-state index in [0.717, 1.165) is 17.6 Å². The second kappa shape index (κ2) is 6.52. The summed E-state index contributed by atoms with van der Waals surface area (Å²) in [5.74, 6) is 0.660. The number of aldehydes is 1. The van der Waals surface area contributed by atoms with Gasteiger partial charge in [-0.1, -0.05) is 12.1 Å². The van der Waals surface area contributed by atoms with Gasteiger partial charge >= 0.3 is 0 Å². The molecule has 0 atom stereocenters. The summed E-state index contributed by atoms with van der Waals surface area (Å²) in [6.45, 7) is 0. The molecule has 102 valence electrons. The largest absolute Gasteiger partial charge is 0.497 e. The van der Waals surface area contributed by atoms with Crippen LogP contribution >= 0.6 is 0 Å². The monoisotopic (exact) mass is 269 g/mol. The number of hydrogen-bond donors (Lipinski definition) is 1. The maximum atomic E-state index is 11.9. The number of ether oxygens (including phenoxy) is 1. The molecule has 0 saturated heterocycles. The maximum Gasteiger partial charge on any atom is 0.228 e. The number of methoxy groups -OCH3 is 1. The zero-order valence-electron chi connectivity index (χ0n) is 11.1. The molecule has 1 amide bonds. The summed E-state index contributed by atoms with van der Waals surface area (Å²) in [7, 11) is 1.60. The van der Waals surface area contributed by atoms with Crippen LogP contribution in [0.15, 0.2) is 48.5 Å². The Hall–Kier alpha value is -2.62. The molecule has 2 rings (SSSR count). The second-order valence-electron chi connectivity index (χ2n) is 4.31. The van der Waals surface area contributed by atoms with Crippen molar-refractivity contribution in [1.29, 1.82) is 0 Å². The predicted octanol–water partition coefficient (Wildman–Crippen LogP) is 2.69. The van der Waals surface area contributed by atoms with Crippen molar-refractivity contribution in [3.63, 3.8) is 0 Å². The molecule has 0 heterocycles. The van der Waals surface area contributed by atoms with Crippen molar-refractivity contribution >= 4 is 17.9 Å². The Bertz CT molecular complexity index is 588. The molecule has 0 saturated carbocycles. The zero-order valence-corrected chi connectivity index (χ0v) is 11.1. The van der Waals surface area contributed by atoms with Crippen LogP contribution in [0, 0.1) is 0 Å². The first kappa shape index (κ1) is 13.8. The first-order chi connectivity index (χ1) is 9.71. The third-order valence-electron chi connectivity index (χ3n) is 2.85. The minimum atomic E-state index is -0.103. The van der Waals surface area contributed by atoms with Crippen molar-refractivity contribution in [3.8, 4) is 5.75 Å². The van der Waals surface area contributed by atoms with Crippen molar-refractivity contribution in [2.75, 3.05) is 12.4 Å². The summed E-state index contributed by atoms with van der Waals surface area (Å²) >= 11 is 0. The third-order valence-corrected chi connectivity index (χ3v) is 2.85. The van der Waals surface area contributed by atoms with Crippen LogP contribution in [0.4, 0.5) is 5.69 Å². The van der Waals surface area contributed by atoms with Crippen LogP contribution in [0.5, 0.6) is 5.75 Å². The highest BCUT2D eigenvalue weighted by Crippen LogP contribution is 2.13. The van der Waals surface area contributed by atoms with Gasteiger partial charge in [0.25, 0.3) is 0 Å². The number of rotatable bonds is 5. The highest BCUT2D eigenvalue weighted by Gasteiger charge is 2.04. The molecule has 0 aromatic heterocycles. The number of anilines is 1. The Morgan fingerprint density at radius 2 is 1.75 bits per heavy atom. The molecule has 0 aliphatic rings. The van der Waals surface area contributed by atoms with Gasteiger partial charge in [-0.15, -0.1) is 0 Å². The van der Waals surface area contributed by atoms with E-state index in [1.165, 1.54) is 0 Å². The van der Waals surface area contributed by atoms with Gasteiger partial charge in [-0.05, 0) is 42.0 Å². The van der Waals surface area contributed by atoms with E-state index in [1.54, 1.807) is 31.4 Å². The lowest BCUT2D eigenvalue weighted by Crippen LogP contribution is -2.14. The first-order valence-corrected chi connectivity index (χ1v) is 6.19. The van der Waals surface area contributed by atoms with Crippen LogP contribution in [0.25, 0.3) is 0 Å². The first-order valence-electron chi connectivity index (χ1n) is 6.19. The molecule has 0 aliphatic heterocycles. The van der Waals surface area contributed by atoms with E-state index < -0.39 is 0 Å². The van der Waals surface area contributed by atoms with Crippen molar-refractivity contribution in [3.05, 3.63) is 59.7 Å². The molecule has 1 N–H and O–H groups in total. The molecule has 0 fully saturated rings. The number of amides is 1. The van der Waals surface area contributed by atoms with Gasteiger partial charge in [0.05, 0.1) is 13.5 Å². The Labute approximate surface area is 117 Å². The van der Waals surface area contributed by atoms with Gasteiger partial charge in [0.15, 0.2) is 0 Å². The molecule has 20 heavy (non-hydrogen) atoms. The molecule has 4 nitrogen and oxygen atoms in total. The topological polar surface area (TPSA) is 55.4 Å². The van der Waals surface area contributed by atoms with Crippen molar-refractivity contribution < 1.29 is 14.3 Å². The molecule has 0 bridgehead atoms. The highest BCUT2D eigenvalue weighted by atomic mass is 16.5. The number of hydrogen-bond acceptors (Lipinski definition) is 3. The third kappa shape index (κ3) is 3.68. The van der Waals surface area contributed by atoms with Gasteiger partial charge in [-0.25, -0.2) is 0 Å². The molecule has 4 heteroatoms. The summed E-state index contributed by atoms with van der Waals surface area (Å²) in [4.78, 5) is 22.4. The Kier molecular flexibility index (Phi) is 4.50. The zero-order chi connectivity index (χ0) is 14.4. The van der Waals surface area contributed by atoms with Gasteiger partial charge in [0.1, 0.15) is 12.0 Å². The second-order valence-corrected chi connectivity index (χ2v) is 4.31. The molecular weight excluding hydrogens is 254 g/mol. The molecule has 2 aromatic carbocycles. The number of carbonyl (C=O) groups is 2. The molecular formula is C16H15NO3. The summed E-state index contributed by atoms with van der Waals surface area (Å²) < 4.78 is 5.06. The minimum absolute atomic E-state index is 0.103. The van der Waals surface area contributed by atoms with Gasteiger partial charge < -0.3 is 10.1 Å². The number of nitrogens with one attached hydrogen (secondary N) is 1. The lowest BCUT2D eigenvalue weighted by molar-refractivity contribution is -0.115. The van der Waals surface area contributed by atoms with Crippen LogP contribution in [0.1, 0.15) is 15.9 Å². The lowest BCUT2D eigenvalue weighted by Gasteiger charge is -2.06. The minimum Gasteiger partial charge on any atom is -0.497 e. The molecule has 0 aliphatic carbocycles. The fourth-order valence-corrected chi connectivity index (χ4v) is 1.78. The van der Waals surface area contributed by atoms with E-state index in [1.807, 2.05) is 24.3 Å². The van der Waals surface area contributed by atoms with Gasteiger partial charge in [0.2, 0.25) is 5.91 Å². The van der Waals surface area contributed by atoms with Crippen molar-refractivity contribution in [2.24, 2.45) is 0 Å². The number of carbonyl (C=O) groups excluding carboxylic acids is 2. The summed E-state index contributed by atoms with van der Waals surface area (Å²) in [6, 6.07) is 14.1. The van der Waals surface area contributed by atoms with E-state index in [-0.39, 0.29) is 5.91 Å². The van der Waals surface area contributed by atoms with E-state index in [0.29, 0.717) is 17.7 Å².